The molecule has 0 radical (unpaired) electrons. The van der Waals surface area contributed by atoms with Gasteiger partial charge in [0.15, 0.2) is 17.5 Å². The first-order chi connectivity index (χ1) is 11.2. The Bertz CT molecular complexity index is 544. The maximum absolute atomic E-state index is 5.43. The highest BCUT2D eigenvalue weighted by molar-refractivity contribution is 14.0. The van der Waals surface area contributed by atoms with Crippen LogP contribution in [0.3, 0.4) is 0 Å². The van der Waals surface area contributed by atoms with Crippen molar-refractivity contribution in [3.05, 3.63) is 22.2 Å². The molecule has 0 saturated carbocycles. The van der Waals surface area contributed by atoms with Crippen molar-refractivity contribution in [1.29, 1.82) is 0 Å². The van der Waals surface area contributed by atoms with Gasteiger partial charge in [-0.15, -0.1) is 24.0 Å². The number of benzene rings is 1. The summed E-state index contributed by atoms with van der Waals surface area (Å²) in [5.41, 5.74) is 1.10. The van der Waals surface area contributed by atoms with E-state index >= 15 is 0 Å². The Labute approximate surface area is 168 Å². The highest BCUT2D eigenvalue weighted by Gasteiger charge is 2.17. The topological polar surface area (TPSA) is 64.1 Å². The Balaban J connectivity index is 0.00000288. The maximum atomic E-state index is 5.43. The second-order valence-electron chi connectivity index (χ2n) is 5.07. The molecule has 0 amide bonds. The molecule has 0 bridgehead atoms. The van der Waals surface area contributed by atoms with Crippen LogP contribution in [0.15, 0.2) is 21.6 Å². The van der Waals surface area contributed by atoms with Crippen molar-refractivity contribution in [3.63, 3.8) is 0 Å². The Kier molecular flexibility index (Phi) is 10.4. The lowest BCUT2D eigenvalue weighted by Gasteiger charge is -2.12. The summed E-state index contributed by atoms with van der Waals surface area (Å²) in [5.74, 6) is 2.33. The molecule has 0 atom stereocenters. The Morgan fingerprint density at radius 3 is 2.88 bits per heavy atom. The zero-order chi connectivity index (χ0) is 16.5. The van der Waals surface area contributed by atoms with Crippen LogP contribution in [-0.2, 0) is 11.3 Å². The lowest BCUT2D eigenvalue weighted by molar-refractivity contribution is 0.143. The van der Waals surface area contributed by atoms with Crippen LogP contribution in [-0.4, -0.2) is 39.6 Å². The minimum absolute atomic E-state index is 0. The monoisotopic (exact) mass is 513 g/mol. The minimum atomic E-state index is 0. The molecule has 2 N–H and O–H groups in total. The molecule has 1 aromatic rings. The van der Waals surface area contributed by atoms with Crippen LogP contribution < -0.4 is 20.1 Å². The summed E-state index contributed by atoms with van der Waals surface area (Å²) < 4.78 is 17.0. The van der Waals surface area contributed by atoms with E-state index in [0.717, 1.165) is 60.1 Å². The van der Waals surface area contributed by atoms with Crippen LogP contribution in [0.25, 0.3) is 0 Å². The highest BCUT2D eigenvalue weighted by Crippen LogP contribution is 2.39. The number of guanidine groups is 1. The average molecular weight is 514 g/mol. The third kappa shape index (κ3) is 6.64. The van der Waals surface area contributed by atoms with Gasteiger partial charge in [-0.1, -0.05) is 0 Å². The van der Waals surface area contributed by atoms with Gasteiger partial charge in [-0.05, 0) is 53.4 Å². The number of hydrogen-bond acceptors (Lipinski definition) is 4. The normalized spacial score (nSPS) is 12.7. The Morgan fingerprint density at radius 2 is 2.12 bits per heavy atom. The molecule has 1 aliphatic rings. The highest BCUT2D eigenvalue weighted by atomic mass is 127. The van der Waals surface area contributed by atoms with Gasteiger partial charge in [-0.3, -0.25) is 4.99 Å². The van der Waals surface area contributed by atoms with E-state index in [1.54, 1.807) is 7.05 Å². The van der Waals surface area contributed by atoms with E-state index in [-0.39, 0.29) is 30.8 Å². The van der Waals surface area contributed by atoms with Crippen molar-refractivity contribution in [2.75, 3.05) is 33.6 Å². The fourth-order valence-electron chi connectivity index (χ4n) is 2.21. The number of nitrogens with zero attached hydrogens (tertiary/aromatic N) is 1. The van der Waals surface area contributed by atoms with Crippen molar-refractivity contribution in [2.24, 2.45) is 4.99 Å². The van der Waals surface area contributed by atoms with Crippen LogP contribution in [0.4, 0.5) is 0 Å². The van der Waals surface area contributed by atoms with Gasteiger partial charge in [-0.25, -0.2) is 0 Å². The largest absolute Gasteiger partial charge is 0.454 e. The third-order valence-corrected chi connectivity index (χ3v) is 3.97. The number of rotatable bonds is 8. The summed E-state index contributed by atoms with van der Waals surface area (Å²) in [4.78, 5) is 4.23. The summed E-state index contributed by atoms with van der Waals surface area (Å²) in [6, 6.07) is 4.01. The predicted molar refractivity (Wildman–Crippen MR) is 110 cm³/mol. The van der Waals surface area contributed by atoms with E-state index < -0.39 is 0 Å². The second-order valence-corrected chi connectivity index (χ2v) is 5.92. The molecule has 136 valence electrons. The number of fused-ring (bicyclic) bond motifs is 1. The van der Waals surface area contributed by atoms with Gasteiger partial charge in [0.05, 0.1) is 4.47 Å². The van der Waals surface area contributed by atoms with Gasteiger partial charge in [0, 0.05) is 33.4 Å². The standard InChI is InChI=1S/C16H24BrN3O3.HI/c1-3-21-7-5-4-6-19-16(18-2)20-10-12-8-13(17)15-14(9-12)22-11-23-15;/h8-9H,3-7,10-11H2,1-2H3,(H2,18,19,20);1H. The lowest BCUT2D eigenvalue weighted by atomic mass is 10.2. The quantitative estimate of drug-likeness (QED) is 0.242. The molecule has 0 unspecified atom stereocenters. The number of nitrogens with one attached hydrogen (secondary N) is 2. The molecule has 1 aromatic carbocycles. The number of hydrogen-bond donors (Lipinski definition) is 2. The van der Waals surface area contributed by atoms with Crippen molar-refractivity contribution in [1.82, 2.24) is 10.6 Å². The Morgan fingerprint density at radius 1 is 1.29 bits per heavy atom. The van der Waals surface area contributed by atoms with Crippen molar-refractivity contribution in [2.45, 2.75) is 26.3 Å². The number of unbranched alkanes of at least 4 members (excludes halogenated alkanes) is 1. The van der Waals surface area contributed by atoms with Crippen LogP contribution in [0.5, 0.6) is 11.5 Å². The van der Waals surface area contributed by atoms with Gasteiger partial charge in [0.25, 0.3) is 0 Å². The van der Waals surface area contributed by atoms with E-state index in [1.807, 2.05) is 19.1 Å². The number of halogens is 2. The molecule has 0 spiro atoms. The molecule has 6 nitrogen and oxygen atoms in total. The summed E-state index contributed by atoms with van der Waals surface area (Å²) in [6.45, 7) is 5.41. The van der Waals surface area contributed by atoms with E-state index in [0.29, 0.717) is 6.54 Å². The molecule has 8 heteroatoms. The molecule has 0 fully saturated rings. The second kappa shape index (κ2) is 11.8. The van der Waals surface area contributed by atoms with Crippen LogP contribution in [0.1, 0.15) is 25.3 Å². The zero-order valence-electron chi connectivity index (χ0n) is 14.1. The smallest absolute Gasteiger partial charge is 0.231 e. The molecule has 2 rings (SSSR count). The number of aliphatic imine (C=N–C) groups is 1. The molecule has 1 aliphatic heterocycles. The first kappa shape index (κ1) is 21.3. The van der Waals surface area contributed by atoms with Crippen molar-refractivity contribution >= 4 is 45.9 Å². The lowest BCUT2D eigenvalue weighted by Crippen LogP contribution is -2.37. The Hall–Kier alpha value is -0.740. The van der Waals surface area contributed by atoms with Gasteiger partial charge in [-0.2, -0.15) is 0 Å². The first-order valence-corrected chi connectivity index (χ1v) is 8.64. The minimum Gasteiger partial charge on any atom is -0.454 e. The summed E-state index contributed by atoms with van der Waals surface area (Å²) in [6.07, 6.45) is 2.10. The van der Waals surface area contributed by atoms with Crippen molar-refractivity contribution < 1.29 is 14.2 Å². The summed E-state index contributed by atoms with van der Waals surface area (Å²) in [5, 5.41) is 6.60. The molecule has 0 aliphatic carbocycles. The molecule has 0 aromatic heterocycles. The van der Waals surface area contributed by atoms with Gasteiger partial charge in [0.1, 0.15) is 0 Å². The van der Waals surface area contributed by atoms with Crippen LogP contribution in [0, 0.1) is 0 Å². The van der Waals surface area contributed by atoms with E-state index in [4.69, 9.17) is 14.2 Å². The van der Waals surface area contributed by atoms with E-state index in [9.17, 15) is 0 Å². The molecular weight excluding hydrogens is 489 g/mol. The maximum Gasteiger partial charge on any atom is 0.231 e. The van der Waals surface area contributed by atoms with Gasteiger partial charge >= 0.3 is 0 Å². The van der Waals surface area contributed by atoms with Crippen molar-refractivity contribution in [3.8, 4) is 11.5 Å². The first-order valence-electron chi connectivity index (χ1n) is 7.85. The summed E-state index contributed by atoms with van der Waals surface area (Å²) >= 11 is 3.50. The van der Waals surface area contributed by atoms with Crippen LogP contribution >= 0.6 is 39.9 Å². The van der Waals surface area contributed by atoms with Crippen LogP contribution in [0.2, 0.25) is 0 Å². The molecule has 1 heterocycles. The number of ether oxygens (including phenoxy) is 3. The average Bonchev–Trinajstić information content (AvgIpc) is 3.02. The third-order valence-electron chi connectivity index (χ3n) is 3.38. The van der Waals surface area contributed by atoms with Gasteiger partial charge < -0.3 is 24.8 Å². The predicted octanol–water partition coefficient (Wildman–Crippen LogP) is 3.28. The molecule has 0 saturated heterocycles. The zero-order valence-corrected chi connectivity index (χ0v) is 18.0. The SMILES string of the molecule is CCOCCCCNC(=NC)NCc1cc(Br)c2c(c1)OCO2.I. The summed E-state index contributed by atoms with van der Waals surface area (Å²) in [7, 11) is 1.77. The van der Waals surface area contributed by atoms with Gasteiger partial charge in [0.2, 0.25) is 6.79 Å². The fourth-order valence-corrected chi connectivity index (χ4v) is 2.81. The van der Waals surface area contributed by atoms with E-state index in [1.165, 1.54) is 0 Å². The molecular formula is C16H25BrIN3O3. The fraction of sp³-hybridized carbons (Fsp3) is 0.562. The molecule has 24 heavy (non-hydrogen) atoms. The van der Waals surface area contributed by atoms with E-state index in [2.05, 4.69) is 31.6 Å².